The lowest BCUT2D eigenvalue weighted by Gasteiger charge is -2.35. The van der Waals surface area contributed by atoms with Gasteiger partial charge in [-0.1, -0.05) is 60.1 Å². The summed E-state index contributed by atoms with van der Waals surface area (Å²) in [6.45, 7) is 12.8. The van der Waals surface area contributed by atoms with Crippen LogP contribution < -0.4 is 26.6 Å². The van der Waals surface area contributed by atoms with Crippen molar-refractivity contribution in [1.82, 2.24) is 41.3 Å². The van der Waals surface area contributed by atoms with Gasteiger partial charge in [-0.25, -0.2) is 0 Å². The Morgan fingerprint density at radius 3 is 1.44 bits per heavy atom. The number of fused-ring (bicyclic) bond motifs is 3. The van der Waals surface area contributed by atoms with Crippen LogP contribution in [0.15, 0.2) is 24.3 Å². The Morgan fingerprint density at radius 2 is 0.984 bits per heavy atom. The maximum Gasteiger partial charge on any atom is 0.248 e. The summed E-state index contributed by atoms with van der Waals surface area (Å²) >= 11 is 0. The minimum Gasteiger partial charge on any atom is -0.508 e. The molecule has 0 radical (unpaired) electrons. The van der Waals surface area contributed by atoms with Crippen molar-refractivity contribution in [2.45, 2.75) is 161 Å². The van der Waals surface area contributed by atoms with Gasteiger partial charge in [-0.15, -0.1) is 0 Å². The monoisotopic (exact) mass is 881 g/mol. The molecule has 18 nitrogen and oxygen atoms in total. The van der Waals surface area contributed by atoms with E-state index in [4.69, 9.17) is 0 Å². The van der Waals surface area contributed by atoms with Crippen molar-refractivity contribution >= 4 is 47.3 Å². The van der Waals surface area contributed by atoms with Crippen molar-refractivity contribution in [3.63, 3.8) is 0 Å². The van der Waals surface area contributed by atoms with Crippen LogP contribution in [0.4, 0.5) is 0 Å². The van der Waals surface area contributed by atoms with E-state index in [1.807, 2.05) is 20.8 Å². The van der Waals surface area contributed by atoms with Crippen molar-refractivity contribution in [3.8, 4) is 5.75 Å². The van der Waals surface area contributed by atoms with Gasteiger partial charge in [-0.2, -0.15) is 0 Å². The normalized spacial score (nSPS) is 29.6. The standard InChI is InChI=1S/C45H68N8O10/c1-8-26(6)36-44(62)52-20-10-13-33(52)41(59)47-31(23-28-15-17-29(55)18-16-28)39(57)48-35(25(4)5)43(61)51-19-9-12-32(51)40(58)46-30(22-24(2)3)38(56)50-37(27(7)54)45(63)53-21-11-14-34(53)42(60)49-36/h15-18,24-27,30-37,54-55H,8-14,19-23H2,1-7H3,(H,46,58)(H,47,59)(H,48,57)(H,49,60)(H,50,56)/t26?,27-,30?,31+,32-,33?,34-,35+,36+,37?/m0/s1. The van der Waals surface area contributed by atoms with E-state index in [1.165, 1.54) is 33.8 Å². The third-order valence-corrected chi connectivity index (χ3v) is 12.9. The maximum atomic E-state index is 14.5. The van der Waals surface area contributed by atoms with Gasteiger partial charge in [0.1, 0.15) is 54.1 Å². The number of aliphatic hydroxyl groups excluding tert-OH is 1. The molecule has 0 saturated carbocycles. The predicted molar refractivity (Wildman–Crippen MR) is 231 cm³/mol. The summed E-state index contributed by atoms with van der Waals surface area (Å²) in [6, 6.07) is -2.93. The third kappa shape index (κ3) is 11.7. The number of hydrogen-bond acceptors (Lipinski definition) is 10. The van der Waals surface area contributed by atoms with Gasteiger partial charge >= 0.3 is 0 Å². The van der Waals surface area contributed by atoms with Crippen LogP contribution in [0.25, 0.3) is 0 Å². The van der Waals surface area contributed by atoms with Crippen LogP contribution in [0.1, 0.15) is 105 Å². The van der Waals surface area contributed by atoms with Gasteiger partial charge in [0.2, 0.25) is 47.3 Å². The van der Waals surface area contributed by atoms with Gasteiger partial charge in [0.15, 0.2) is 0 Å². The molecule has 4 unspecified atom stereocenters. The first-order chi connectivity index (χ1) is 29.8. The molecule has 1 aromatic carbocycles. The van der Waals surface area contributed by atoms with E-state index >= 15 is 0 Å². The summed E-state index contributed by atoms with van der Waals surface area (Å²) < 4.78 is 0. The van der Waals surface area contributed by atoms with E-state index < -0.39 is 108 Å². The number of phenols is 1. The molecule has 1 aromatic rings. The molecule has 0 aromatic heterocycles. The molecule has 18 heteroatoms. The third-order valence-electron chi connectivity index (χ3n) is 12.9. The zero-order valence-electron chi connectivity index (χ0n) is 37.7. The Labute approximate surface area is 370 Å². The van der Waals surface area contributed by atoms with Gasteiger partial charge < -0.3 is 51.5 Å². The average molecular weight is 881 g/mol. The van der Waals surface area contributed by atoms with Gasteiger partial charge in [0, 0.05) is 26.1 Å². The molecule has 348 valence electrons. The molecule has 63 heavy (non-hydrogen) atoms. The van der Waals surface area contributed by atoms with Crippen molar-refractivity contribution in [2.75, 3.05) is 19.6 Å². The number of aliphatic hydroxyl groups is 1. The highest BCUT2D eigenvalue weighted by Crippen LogP contribution is 2.26. The first-order valence-electron chi connectivity index (χ1n) is 22.7. The zero-order chi connectivity index (χ0) is 46.3. The number of aromatic hydroxyl groups is 1. The first-order valence-corrected chi connectivity index (χ1v) is 22.7. The average Bonchev–Trinajstić information content (AvgIpc) is 4.04. The summed E-state index contributed by atoms with van der Waals surface area (Å²) in [4.78, 5) is 118. The molecule has 0 spiro atoms. The molecule has 4 aliphatic rings. The number of benzene rings is 1. The Balaban J connectivity index is 1.55. The highest BCUT2D eigenvalue weighted by molar-refractivity contribution is 5.99. The molecular weight excluding hydrogens is 813 g/mol. The fourth-order valence-corrected chi connectivity index (χ4v) is 9.10. The van der Waals surface area contributed by atoms with Crippen molar-refractivity contribution in [2.24, 2.45) is 17.8 Å². The molecule has 5 rings (SSSR count). The first kappa shape index (κ1) is 48.8. The molecule has 8 amide bonds. The summed E-state index contributed by atoms with van der Waals surface area (Å²) in [5.74, 6) is -5.82. The van der Waals surface area contributed by atoms with E-state index in [0.29, 0.717) is 31.2 Å². The number of nitrogens with one attached hydrogen (secondary N) is 5. The van der Waals surface area contributed by atoms with E-state index in [-0.39, 0.29) is 69.3 Å². The van der Waals surface area contributed by atoms with Crippen LogP contribution in [-0.4, -0.2) is 146 Å². The summed E-state index contributed by atoms with van der Waals surface area (Å²) in [7, 11) is 0. The van der Waals surface area contributed by atoms with Crippen molar-refractivity contribution < 1.29 is 48.6 Å². The van der Waals surface area contributed by atoms with E-state index in [0.717, 1.165) is 0 Å². The summed E-state index contributed by atoms with van der Waals surface area (Å²) in [6.07, 6.45) is 1.46. The molecule has 0 bridgehead atoms. The quantitative estimate of drug-likeness (QED) is 0.190. The number of carbonyl (C=O) groups is 8. The maximum absolute atomic E-state index is 14.5. The molecular formula is C45H68N8O10. The number of amides is 8. The lowest BCUT2D eigenvalue weighted by atomic mass is 9.96. The largest absolute Gasteiger partial charge is 0.508 e. The SMILES string of the molecule is CCC(C)[C@H]1NC(=O)[C@@H]2CCCN2C(=O)C([C@H](C)O)NC(=O)C(CC(C)C)NC(=O)[C@@H]2CCCN2C(=O)[C@@H](C(C)C)NC(=O)[C@@H](Cc2ccc(O)cc2)NC(=O)C2CCCN2C1=O. The molecule has 4 fully saturated rings. The molecule has 4 aliphatic heterocycles. The summed E-state index contributed by atoms with van der Waals surface area (Å²) in [5, 5.41) is 34.9. The predicted octanol–water partition coefficient (Wildman–Crippen LogP) is 0.474. The molecule has 4 saturated heterocycles. The minimum atomic E-state index is -1.48. The van der Waals surface area contributed by atoms with Gasteiger partial charge in [-0.05, 0) is 87.3 Å². The topological polar surface area (TPSA) is 247 Å². The Kier molecular flexibility index (Phi) is 16.6. The van der Waals surface area contributed by atoms with Crippen LogP contribution in [0.3, 0.4) is 0 Å². The smallest absolute Gasteiger partial charge is 0.248 e. The van der Waals surface area contributed by atoms with Crippen molar-refractivity contribution in [3.05, 3.63) is 29.8 Å². The fourth-order valence-electron chi connectivity index (χ4n) is 9.10. The summed E-state index contributed by atoms with van der Waals surface area (Å²) in [5.41, 5.74) is 0.600. The Hall–Kier alpha value is -5.26. The number of carbonyl (C=O) groups excluding carboxylic acids is 8. The molecule has 0 aliphatic carbocycles. The van der Waals surface area contributed by atoms with Gasteiger partial charge in [0.05, 0.1) is 6.10 Å². The van der Waals surface area contributed by atoms with Crippen LogP contribution in [0.2, 0.25) is 0 Å². The van der Waals surface area contributed by atoms with E-state index in [1.54, 1.807) is 32.9 Å². The van der Waals surface area contributed by atoms with Crippen LogP contribution in [0.5, 0.6) is 5.75 Å². The number of hydrogen-bond donors (Lipinski definition) is 7. The highest BCUT2D eigenvalue weighted by Gasteiger charge is 2.45. The second-order valence-corrected chi connectivity index (χ2v) is 18.5. The van der Waals surface area contributed by atoms with Crippen LogP contribution in [0, 0.1) is 17.8 Å². The molecule has 7 N–H and O–H groups in total. The number of rotatable bonds is 8. The van der Waals surface area contributed by atoms with Crippen molar-refractivity contribution in [1.29, 1.82) is 0 Å². The zero-order valence-corrected chi connectivity index (χ0v) is 37.7. The van der Waals surface area contributed by atoms with E-state index in [9.17, 15) is 48.6 Å². The number of nitrogens with zero attached hydrogens (tertiary/aromatic N) is 3. The Bertz CT molecular complexity index is 1860. The van der Waals surface area contributed by atoms with Crippen LogP contribution >= 0.6 is 0 Å². The lowest BCUT2D eigenvalue weighted by molar-refractivity contribution is -0.147. The van der Waals surface area contributed by atoms with Crippen LogP contribution in [-0.2, 0) is 44.8 Å². The van der Waals surface area contributed by atoms with E-state index in [2.05, 4.69) is 26.6 Å². The Morgan fingerprint density at radius 1 is 0.571 bits per heavy atom. The van der Waals surface area contributed by atoms with Gasteiger partial charge in [0.25, 0.3) is 0 Å². The molecule has 10 atom stereocenters. The minimum absolute atomic E-state index is 0.00559. The highest BCUT2D eigenvalue weighted by atomic mass is 16.3. The van der Waals surface area contributed by atoms with Gasteiger partial charge in [-0.3, -0.25) is 38.4 Å². The number of phenolic OH excluding ortho intramolecular Hbond substituents is 1. The second-order valence-electron chi connectivity index (χ2n) is 18.5. The molecule has 4 heterocycles. The second kappa shape index (κ2) is 21.4. The fraction of sp³-hybridized carbons (Fsp3) is 0.689. The lowest BCUT2D eigenvalue weighted by Crippen LogP contribution is -2.63.